The summed E-state index contributed by atoms with van der Waals surface area (Å²) in [4.78, 5) is -0.00863. The number of aromatic nitrogens is 2. The van der Waals surface area contributed by atoms with Crippen LogP contribution in [0.15, 0.2) is 11.1 Å². The van der Waals surface area contributed by atoms with Crippen molar-refractivity contribution in [3.8, 4) is 0 Å². The van der Waals surface area contributed by atoms with Gasteiger partial charge < -0.3 is 10.8 Å². The fraction of sp³-hybridized carbons (Fsp3) is 0.750. The second kappa shape index (κ2) is 5.71. The third-order valence-electron chi connectivity index (χ3n) is 3.71. The highest BCUT2D eigenvalue weighted by Gasteiger charge is 2.38. The van der Waals surface area contributed by atoms with E-state index < -0.39 is 15.6 Å². The lowest BCUT2D eigenvalue weighted by Gasteiger charge is -2.27. The van der Waals surface area contributed by atoms with Gasteiger partial charge in [-0.15, -0.1) is 0 Å². The number of rotatable bonds is 6. The molecule has 0 aliphatic heterocycles. The van der Waals surface area contributed by atoms with E-state index in [9.17, 15) is 13.5 Å². The molecule has 0 spiro atoms. The van der Waals surface area contributed by atoms with Gasteiger partial charge in [-0.2, -0.15) is 5.10 Å². The third-order valence-corrected chi connectivity index (χ3v) is 5.31. The highest BCUT2D eigenvalue weighted by Crippen LogP contribution is 2.31. The summed E-state index contributed by atoms with van der Waals surface area (Å²) in [5, 5.41) is 13.5. The molecule has 0 saturated heterocycles. The van der Waals surface area contributed by atoms with Crippen molar-refractivity contribution in [1.29, 1.82) is 0 Å². The smallest absolute Gasteiger partial charge is 0.246 e. The van der Waals surface area contributed by atoms with Crippen LogP contribution in [-0.2, 0) is 16.6 Å². The van der Waals surface area contributed by atoms with Crippen LogP contribution in [0.1, 0.15) is 39.0 Å². The Morgan fingerprint density at radius 3 is 2.70 bits per heavy atom. The van der Waals surface area contributed by atoms with Crippen LogP contribution < -0.4 is 10.5 Å². The number of aliphatic hydroxyl groups is 1. The molecule has 1 heterocycles. The van der Waals surface area contributed by atoms with Crippen LogP contribution in [0.3, 0.4) is 0 Å². The molecule has 1 aromatic rings. The summed E-state index contributed by atoms with van der Waals surface area (Å²) < 4.78 is 29.0. The molecule has 0 atom stereocenters. The van der Waals surface area contributed by atoms with E-state index in [-0.39, 0.29) is 17.3 Å². The lowest BCUT2D eigenvalue weighted by atomic mass is 10.0. The fourth-order valence-corrected chi connectivity index (χ4v) is 4.18. The predicted molar refractivity (Wildman–Crippen MR) is 75.5 cm³/mol. The van der Waals surface area contributed by atoms with Gasteiger partial charge in [0.2, 0.25) is 10.0 Å². The summed E-state index contributed by atoms with van der Waals surface area (Å²) >= 11 is 0. The van der Waals surface area contributed by atoms with E-state index in [4.69, 9.17) is 5.73 Å². The monoisotopic (exact) mass is 302 g/mol. The molecule has 2 rings (SSSR count). The van der Waals surface area contributed by atoms with Gasteiger partial charge in [0.15, 0.2) is 5.82 Å². The molecular formula is C12H22N4O3S. The molecule has 114 valence electrons. The van der Waals surface area contributed by atoms with Gasteiger partial charge in [0.05, 0.1) is 12.1 Å². The van der Waals surface area contributed by atoms with E-state index in [1.165, 1.54) is 10.9 Å². The maximum atomic E-state index is 12.4. The molecule has 0 unspecified atom stereocenters. The predicted octanol–water partition coefficient (Wildman–Crippen LogP) is 0.459. The zero-order valence-electron chi connectivity index (χ0n) is 11.7. The Morgan fingerprint density at radius 1 is 1.50 bits per heavy atom. The lowest BCUT2D eigenvalue weighted by molar-refractivity contribution is 0.185. The number of nitrogens with two attached hydrogens (primary N) is 1. The molecule has 7 nitrogen and oxygen atoms in total. The van der Waals surface area contributed by atoms with Crippen molar-refractivity contribution in [2.24, 2.45) is 0 Å². The summed E-state index contributed by atoms with van der Waals surface area (Å²) in [5.74, 6) is -0.00274. The van der Waals surface area contributed by atoms with Crippen molar-refractivity contribution in [2.75, 3.05) is 12.3 Å². The van der Waals surface area contributed by atoms with E-state index in [0.717, 1.165) is 19.3 Å². The Morgan fingerprint density at radius 2 is 2.15 bits per heavy atom. The molecule has 20 heavy (non-hydrogen) atoms. The van der Waals surface area contributed by atoms with E-state index in [1.54, 1.807) is 0 Å². The second-order valence-electron chi connectivity index (χ2n) is 5.39. The highest BCUT2D eigenvalue weighted by molar-refractivity contribution is 7.89. The highest BCUT2D eigenvalue weighted by atomic mass is 32.2. The molecule has 4 N–H and O–H groups in total. The molecule has 8 heteroatoms. The number of sulfonamides is 1. The Hall–Kier alpha value is -1.12. The summed E-state index contributed by atoms with van der Waals surface area (Å²) in [6.07, 6.45) is 5.40. The van der Waals surface area contributed by atoms with Crippen LogP contribution >= 0.6 is 0 Å². The number of anilines is 1. The minimum absolute atomic E-state index is 0.00274. The number of nitrogens with one attached hydrogen (secondary N) is 1. The summed E-state index contributed by atoms with van der Waals surface area (Å²) in [6, 6.07) is 0. The van der Waals surface area contributed by atoms with Crippen molar-refractivity contribution in [1.82, 2.24) is 14.5 Å². The van der Waals surface area contributed by atoms with Crippen LogP contribution in [-0.4, -0.2) is 35.5 Å². The quantitative estimate of drug-likeness (QED) is 0.707. The molecule has 0 aromatic carbocycles. The minimum atomic E-state index is -3.76. The SMILES string of the molecule is CCCn1cc(S(=O)(=O)NC2(CO)CCCC2)c(N)n1. The normalized spacial score (nSPS) is 18.5. The topological polar surface area (TPSA) is 110 Å². The number of nitrogens with zero attached hydrogens (tertiary/aromatic N) is 2. The molecule has 0 radical (unpaired) electrons. The number of aryl methyl sites for hydroxylation is 1. The van der Waals surface area contributed by atoms with Crippen LogP contribution in [0.5, 0.6) is 0 Å². The average molecular weight is 302 g/mol. The molecule has 0 amide bonds. The molecule has 1 aliphatic rings. The average Bonchev–Trinajstić information content (AvgIpc) is 2.97. The van der Waals surface area contributed by atoms with Crippen LogP contribution in [0.2, 0.25) is 0 Å². The molecule has 0 bridgehead atoms. The largest absolute Gasteiger partial charge is 0.394 e. The van der Waals surface area contributed by atoms with Gasteiger partial charge >= 0.3 is 0 Å². The van der Waals surface area contributed by atoms with Gasteiger partial charge in [-0.3, -0.25) is 4.68 Å². The van der Waals surface area contributed by atoms with Gasteiger partial charge in [0.25, 0.3) is 0 Å². The van der Waals surface area contributed by atoms with Crippen molar-refractivity contribution in [3.05, 3.63) is 6.20 Å². The zero-order chi connectivity index (χ0) is 14.8. The second-order valence-corrected chi connectivity index (χ2v) is 7.04. The van der Waals surface area contributed by atoms with E-state index in [1.807, 2.05) is 6.92 Å². The van der Waals surface area contributed by atoms with Gasteiger partial charge in [-0.25, -0.2) is 13.1 Å². The van der Waals surface area contributed by atoms with Crippen molar-refractivity contribution in [3.63, 3.8) is 0 Å². The first-order valence-corrected chi connectivity index (χ1v) is 8.38. The Kier molecular flexibility index (Phi) is 4.36. The first-order valence-electron chi connectivity index (χ1n) is 6.90. The molecule has 1 saturated carbocycles. The Balaban J connectivity index is 2.26. The van der Waals surface area contributed by atoms with Crippen molar-refractivity contribution in [2.45, 2.75) is 56.0 Å². The first-order chi connectivity index (χ1) is 9.42. The van der Waals surface area contributed by atoms with Crippen molar-refractivity contribution < 1.29 is 13.5 Å². The number of nitrogen functional groups attached to an aromatic ring is 1. The molecule has 1 aromatic heterocycles. The number of hydrogen-bond acceptors (Lipinski definition) is 5. The third kappa shape index (κ3) is 2.97. The first kappa shape index (κ1) is 15.3. The van der Waals surface area contributed by atoms with Gasteiger partial charge in [-0.05, 0) is 19.3 Å². The summed E-state index contributed by atoms with van der Waals surface area (Å²) in [5.41, 5.74) is 4.95. The summed E-state index contributed by atoms with van der Waals surface area (Å²) in [7, 11) is -3.76. The van der Waals surface area contributed by atoms with E-state index >= 15 is 0 Å². The Bertz CT molecular complexity index is 561. The van der Waals surface area contributed by atoms with Gasteiger partial charge in [-0.1, -0.05) is 19.8 Å². The molecular weight excluding hydrogens is 280 g/mol. The standard InChI is InChI=1S/C12H22N4O3S/c1-2-7-16-8-10(11(13)14-16)20(18,19)15-12(9-17)5-3-4-6-12/h8,15,17H,2-7,9H2,1H3,(H2,13,14). The Labute approximate surface area is 119 Å². The number of aliphatic hydroxyl groups excluding tert-OH is 1. The van der Waals surface area contributed by atoms with Crippen LogP contribution in [0, 0.1) is 0 Å². The van der Waals surface area contributed by atoms with Crippen LogP contribution in [0.4, 0.5) is 5.82 Å². The maximum Gasteiger partial charge on any atom is 0.246 e. The maximum absolute atomic E-state index is 12.4. The van der Waals surface area contributed by atoms with Gasteiger partial charge in [0, 0.05) is 12.7 Å². The number of hydrogen-bond donors (Lipinski definition) is 3. The zero-order valence-corrected chi connectivity index (χ0v) is 12.5. The fourth-order valence-electron chi connectivity index (χ4n) is 2.65. The van der Waals surface area contributed by atoms with E-state index in [2.05, 4.69) is 9.82 Å². The van der Waals surface area contributed by atoms with Crippen LogP contribution in [0.25, 0.3) is 0 Å². The lowest BCUT2D eigenvalue weighted by Crippen LogP contribution is -2.49. The summed E-state index contributed by atoms with van der Waals surface area (Å²) in [6.45, 7) is 2.39. The molecule has 1 aliphatic carbocycles. The van der Waals surface area contributed by atoms with E-state index in [0.29, 0.717) is 19.4 Å². The van der Waals surface area contributed by atoms with Crippen molar-refractivity contribution >= 4 is 15.8 Å². The van der Waals surface area contributed by atoms with Gasteiger partial charge in [0.1, 0.15) is 4.90 Å². The molecule has 1 fully saturated rings. The minimum Gasteiger partial charge on any atom is -0.394 e.